The van der Waals surface area contributed by atoms with Gasteiger partial charge in [0.2, 0.25) is 11.8 Å². The first-order valence-corrected chi connectivity index (χ1v) is 5.34. The average molecular weight is 268 g/mol. The SMILES string of the molecule is CN(C)C(=O)CC1NCCN(CCF)C1=O.Cl. The van der Waals surface area contributed by atoms with E-state index in [1.165, 1.54) is 9.80 Å². The lowest BCUT2D eigenvalue weighted by atomic mass is 10.1. The molecule has 1 fully saturated rings. The first kappa shape index (κ1) is 16.1. The van der Waals surface area contributed by atoms with Gasteiger partial charge in [-0.3, -0.25) is 9.59 Å². The van der Waals surface area contributed by atoms with E-state index < -0.39 is 12.7 Å². The van der Waals surface area contributed by atoms with Gasteiger partial charge in [0.1, 0.15) is 6.67 Å². The molecule has 1 aliphatic heterocycles. The van der Waals surface area contributed by atoms with Gasteiger partial charge in [-0.15, -0.1) is 12.4 Å². The number of nitrogens with one attached hydrogen (secondary N) is 1. The number of carbonyl (C=O) groups is 2. The maximum absolute atomic E-state index is 12.2. The largest absolute Gasteiger partial charge is 0.349 e. The summed E-state index contributed by atoms with van der Waals surface area (Å²) in [5.41, 5.74) is 0. The molecule has 0 aromatic carbocycles. The van der Waals surface area contributed by atoms with Gasteiger partial charge in [-0.25, -0.2) is 4.39 Å². The maximum atomic E-state index is 12.2. The van der Waals surface area contributed by atoms with Gasteiger partial charge in [0.05, 0.1) is 12.5 Å². The summed E-state index contributed by atoms with van der Waals surface area (Å²) in [4.78, 5) is 26.2. The molecule has 0 saturated carbocycles. The Hall–Kier alpha value is -0.880. The Balaban J connectivity index is 0.00000256. The molecular formula is C10H19ClFN3O2. The Morgan fingerprint density at radius 2 is 2.24 bits per heavy atom. The minimum atomic E-state index is -0.542. The maximum Gasteiger partial charge on any atom is 0.240 e. The van der Waals surface area contributed by atoms with Gasteiger partial charge in [0.25, 0.3) is 0 Å². The fourth-order valence-corrected chi connectivity index (χ4v) is 1.63. The van der Waals surface area contributed by atoms with Crippen molar-refractivity contribution in [3.8, 4) is 0 Å². The van der Waals surface area contributed by atoms with E-state index in [0.29, 0.717) is 13.1 Å². The van der Waals surface area contributed by atoms with Gasteiger partial charge >= 0.3 is 0 Å². The summed E-state index contributed by atoms with van der Waals surface area (Å²) in [7, 11) is 3.30. The highest BCUT2D eigenvalue weighted by Crippen LogP contribution is 2.06. The van der Waals surface area contributed by atoms with E-state index in [1.54, 1.807) is 14.1 Å². The van der Waals surface area contributed by atoms with Crippen LogP contribution in [0.3, 0.4) is 0 Å². The zero-order valence-electron chi connectivity index (χ0n) is 10.1. The summed E-state index contributed by atoms with van der Waals surface area (Å²) < 4.78 is 12.2. The molecule has 0 aromatic heterocycles. The van der Waals surface area contributed by atoms with Crippen LogP contribution in [-0.4, -0.2) is 68.1 Å². The molecule has 7 heteroatoms. The minimum absolute atomic E-state index is 0. The number of halogens is 2. The lowest BCUT2D eigenvalue weighted by molar-refractivity contribution is -0.140. The summed E-state index contributed by atoms with van der Waals surface area (Å²) in [6.07, 6.45) is 0.134. The molecule has 1 N–H and O–H groups in total. The van der Waals surface area contributed by atoms with E-state index in [1.807, 2.05) is 0 Å². The number of hydrogen-bond acceptors (Lipinski definition) is 3. The molecule has 1 unspecified atom stereocenters. The molecule has 0 bridgehead atoms. The van der Waals surface area contributed by atoms with Gasteiger partial charge in [-0.2, -0.15) is 0 Å². The fourth-order valence-electron chi connectivity index (χ4n) is 1.63. The van der Waals surface area contributed by atoms with E-state index in [0.717, 1.165) is 0 Å². The van der Waals surface area contributed by atoms with Crippen molar-refractivity contribution in [1.82, 2.24) is 15.1 Å². The van der Waals surface area contributed by atoms with Crippen LogP contribution in [0.25, 0.3) is 0 Å². The third-order valence-corrected chi connectivity index (χ3v) is 2.61. The van der Waals surface area contributed by atoms with Crippen LogP contribution in [0.1, 0.15) is 6.42 Å². The molecule has 1 heterocycles. The number of rotatable bonds is 4. The predicted octanol–water partition coefficient (Wildman–Crippen LogP) is -0.344. The third-order valence-electron chi connectivity index (χ3n) is 2.61. The van der Waals surface area contributed by atoms with E-state index in [2.05, 4.69) is 5.32 Å². The summed E-state index contributed by atoms with van der Waals surface area (Å²) in [5.74, 6) is -0.285. The van der Waals surface area contributed by atoms with Crippen LogP contribution >= 0.6 is 12.4 Å². The highest BCUT2D eigenvalue weighted by molar-refractivity contribution is 5.88. The van der Waals surface area contributed by atoms with Gasteiger partial charge < -0.3 is 15.1 Å². The fraction of sp³-hybridized carbons (Fsp3) is 0.800. The van der Waals surface area contributed by atoms with E-state index in [4.69, 9.17) is 0 Å². The molecule has 0 spiro atoms. The molecule has 1 aliphatic rings. The van der Waals surface area contributed by atoms with E-state index >= 15 is 0 Å². The van der Waals surface area contributed by atoms with Crippen LogP contribution < -0.4 is 5.32 Å². The Morgan fingerprint density at radius 1 is 1.59 bits per heavy atom. The van der Waals surface area contributed by atoms with Crippen LogP contribution in [-0.2, 0) is 9.59 Å². The number of alkyl halides is 1. The van der Waals surface area contributed by atoms with Crippen molar-refractivity contribution in [3.05, 3.63) is 0 Å². The Morgan fingerprint density at radius 3 is 2.76 bits per heavy atom. The highest BCUT2D eigenvalue weighted by Gasteiger charge is 2.29. The van der Waals surface area contributed by atoms with Crippen LogP contribution in [0.15, 0.2) is 0 Å². The molecule has 17 heavy (non-hydrogen) atoms. The van der Waals surface area contributed by atoms with Gasteiger partial charge in [0.15, 0.2) is 0 Å². The molecule has 0 radical (unpaired) electrons. The van der Waals surface area contributed by atoms with Crippen LogP contribution in [0, 0.1) is 0 Å². The number of nitrogens with zero attached hydrogens (tertiary/aromatic N) is 2. The second kappa shape index (κ2) is 7.45. The third kappa shape index (κ3) is 4.47. The Kier molecular flexibility index (Phi) is 7.06. The predicted molar refractivity (Wildman–Crippen MR) is 64.9 cm³/mol. The smallest absolute Gasteiger partial charge is 0.240 e. The molecule has 2 amide bonds. The number of amides is 2. The summed E-state index contributed by atoms with van der Waals surface area (Å²) in [5, 5.41) is 2.98. The summed E-state index contributed by atoms with van der Waals surface area (Å²) >= 11 is 0. The number of hydrogen-bond donors (Lipinski definition) is 1. The van der Waals surface area contributed by atoms with E-state index in [-0.39, 0.29) is 37.2 Å². The van der Waals surface area contributed by atoms with Crippen molar-refractivity contribution in [2.45, 2.75) is 12.5 Å². The molecule has 100 valence electrons. The van der Waals surface area contributed by atoms with Crippen molar-refractivity contribution in [2.24, 2.45) is 0 Å². The molecule has 1 atom stereocenters. The zero-order chi connectivity index (χ0) is 12.1. The standard InChI is InChI=1S/C10H18FN3O2.ClH/c1-13(2)9(15)7-8-10(16)14(5-3-11)6-4-12-8;/h8,12H,3-7H2,1-2H3;1H. The second-order valence-electron chi connectivity index (χ2n) is 4.01. The lowest BCUT2D eigenvalue weighted by Gasteiger charge is -2.32. The molecule has 0 aromatic rings. The van der Waals surface area contributed by atoms with Crippen molar-refractivity contribution in [1.29, 1.82) is 0 Å². The van der Waals surface area contributed by atoms with E-state index in [9.17, 15) is 14.0 Å². The zero-order valence-corrected chi connectivity index (χ0v) is 10.9. The van der Waals surface area contributed by atoms with Gasteiger partial charge in [-0.1, -0.05) is 0 Å². The van der Waals surface area contributed by atoms with Crippen LogP contribution in [0.4, 0.5) is 4.39 Å². The first-order chi connectivity index (χ1) is 7.56. The highest BCUT2D eigenvalue weighted by atomic mass is 35.5. The molecule has 5 nitrogen and oxygen atoms in total. The summed E-state index contributed by atoms with van der Waals surface area (Å²) in [6.45, 7) is 0.694. The van der Waals surface area contributed by atoms with Crippen molar-refractivity contribution in [2.75, 3.05) is 40.4 Å². The minimum Gasteiger partial charge on any atom is -0.349 e. The first-order valence-electron chi connectivity index (χ1n) is 5.34. The van der Waals surface area contributed by atoms with Gasteiger partial charge in [0, 0.05) is 33.7 Å². The second-order valence-corrected chi connectivity index (χ2v) is 4.01. The lowest BCUT2D eigenvalue weighted by Crippen LogP contribution is -2.56. The van der Waals surface area contributed by atoms with Crippen molar-refractivity contribution < 1.29 is 14.0 Å². The van der Waals surface area contributed by atoms with Crippen molar-refractivity contribution >= 4 is 24.2 Å². The molecule has 1 rings (SSSR count). The molecular weight excluding hydrogens is 249 g/mol. The molecule has 1 saturated heterocycles. The Bertz CT molecular complexity index is 274. The van der Waals surface area contributed by atoms with Crippen LogP contribution in [0.5, 0.6) is 0 Å². The Labute approximate surface area is 107 Å². The van der Waals surface area contributed by atoms with Crippen LogP contribution in [0.2, 0.25) is 0 Å². The quantitative estimate of drug-likeness (QED) is 0.758. The summed E-state index contributed by atoms with van der Waals surface area (Å²) in [6, 6.07) is -0.504. The number of carbonyl (C=O) groups excluding carboxylic acids is 2. The number of piperazine rings is 1. The topological polar surface area (TPSA) is 52.7 Å². The van der Waals surface area contributed by atoms with Gasteiger partial charge in [-0.05, 0) is 0 Å². The van der Waals surface area contributed by atoms with Crippen molar-refractivity contribution in [3.63, 3.8) is 0 Å². The normalized spacial score (nSPS) is 19.8. The average Bonchev–Trinajstić information content (AvgIpc) is 2.24. The monoisotopic (exact) mass is 267 g/mol. The molecule has 0 aliphatic carbocycles.